The number of hydrogen-bond acceptors (Lipinski definition) is 5. The van der Waals surface area contributed by atoms with Gasteiger partial charge in [0.05, 0.1) is 12.1 Å². The van der Waals surface area contributed by atoms with E-state index in [1.54, 1.807) is 12.4 Å². The summed E-state index contributed by atoms with van der Waals surface area (Å²) in [6.45, 7) is 1.30. The molecule has 29 heavy (non-hydrogen) atoms. The molecule has 0 amide bonds. The lowest BCUT2D eigenvalue weighted by molar-refractivity contribution is 0.294. The van der Waals surface area contributed by atoms with Crippen LogP contribution in [0.3, 0.4) is 0 Å². The highest BCUT2D eigenvalue weighted by Gasteiger charge is 2.00. The van der Waals surface area contributed by atoms with Crippen LogP contribution in [0.25, 0.3) is 10.9 Å². The Bertz CT molecular complexity index is 968. The molecule has 2 heterocycles. The molecule has 148 valence electrons. The van der Waals surface area contributed by atoms with Crippen molar-refractivity contribution in [2.45, 2.75) is 25.7 Å². The van der Waals surface area contributed by atoms with Gasteiger partial charge in [-0.3, -0.25) is 15.3 Å². The summed E-state index contributed by atoms with van der Waals surface area (Å²) in [7, 11) is 0. The standard InChI is InChI=1S/C22H24N6O/c23-17-26-22(27-19-11-14-24-15-12-19)25-13-5-1-2-6-16-29-21-10-9-18-7-3-4-8-20(18)28-21/h3-4,7-12,14-15H,1-2,5-6,13,16H2,(H2,24,25,26,27). The molecule has 0 fully saturated rings. The molecular formula is C22H24N6O. The molecule has 0 saturated heterocycles. The fourth-order valence-corrected chi connectivity index (χ4v) is 2.80. The Balaban J connectivity index is 1.32. The number of pyridine rings is 2. The summed E-state index contributed by atoms with van der Waals surface area (Å²) in [5, 5.41) is 15.6. The Hall–Kier alpha value is -3.66. The summed E-state index contributed by atoms with van der Waals surface area (Å²) in [5.74, 6) is 1.12. The average molecular weight is 388 g/mol. The van der Waals surface area contributed by atoms with Gasteiger partial charge in [-0.1, -0.05) is 24.6 Å². The van der Waals surface area contributed by atoms with Gasteiger partial charge in [-0.15, -0.1) is 0 Å². The van der Waals surface area contributed by atoms with E-state index in [0.29, 0.717) is 25.0 Å². The van der Waals surface area contributed by atoms with E-state index in [2.05, 4.69) is 25.6 Å². The first-order valence-corrected chi connectivity index (χ1v) is 9.70. The van der Waals surface area contributed by atoms with Crippen molar-refractivity contribution in [3.63, 3.8) is 0 Å². The molecule has 2 aromatic heterocycles. The Morgan fingerprint density at radius 3 is 2.69 bits per heavy atom. The smallest absolute Gasteiger partial charge is 0.213 e. The highest BCUT2D eigenvalue weighted by molar-refractivity contribution is 5.94. The van der Waals surface area contributed by atoms with Gasteiger partial charge in [0.2, 0.25) is 11.8 Å². The molecule has 0 atom stereocenters. The second-order valence-electron chi connectivity index (χ2n) is 6.43. The predicted octanol–water partition coefficient (Wildman–Crippen LogP) is 4.11. The van der Waals surface area contributed by atoms with Crippen LogP contribution in [0.15, 0.2) is 65.9 Å². The van der Waals surface area contributed by atoms with E-state index >= 15 is 0 Å². The second kappa shape index (κ2) is 11.2. The van der Waals surface area contributed by atoms with Gasteiger partial charge in [-0.25, -0.2) is 4.98 Å². The normalized spacial score (nSPS) is 11.1. The largest absolute Gasteiger partial charge is 0.478 e. The van der Waals surface area contributed by atoms with Gasteiger partial charge in [-0.05, 0) is 43.5 Å². The molecule has 0 aliphatic rings. The van der Waals surface area contributed by atoms with E-state index < -0.39 is 0 Å². The summed E-state index contributed by atoms with van der Waals surface area (Å²) in [4.78, 5) is 12.9. The molecule has 0 spiro atoms. The maximum absolute atomic E-state index is 8.85. The number of para-hydroxylation sites is 1. The van der Waals surface area contributed by atoms with E-state index in [9.17, 15) is 0 Å². The summed E-state index contributed by atoms with van der Waals surface area (Å²) >= 11 is 0. The molecule has 3 aromatic rings. The number of guanidine groups is 1. The van der Waals surface area contributed by atoms with Crippen LogP contribution in [0.5, 0.6) is 5.88 Å². The number of nitrogens with one attached hydrogen (secondary N) is 2. The number of benzene rings is 1. The first kappa shape index (κ1) is 20.1. The molecule has 0 radical (unpaired) electrons. The van der Waals surface area contributed by atoms with Crippen molar-refractivity contribution in [1.29, 1.82) is 5.26 Å². The zero-order chi connectivity index (χ0) is 20.2. The summed E-state index contributed by atoms with van der Waals surface area (Å²) < 4.78 is 5.76. The van der Waals surface area contributed by atoms with Crippen molar-refractivity contribution in [3.05, 3.63) is 60.9 Å². The molecule has 2 N–H and O–H groups in total. The number of nitriles is 1. The molecule has 3 rings (SSSR count). The van der Waals surface area contributed by atoms with Crippen molar-refractivity contribution in [2.75, 3.05) is 18.5 Å². The van der Waals surface area contributed by atoms with E-state index in [4.69, 9.17) is 10.00 Å². The number of fused-ring (bicyclic) bond motifs is 1. The van der Waals surface area contributed by atoms with E-state index in [1.165, 1.54) is 0 Å². The van der Waals surface area contributed by atoms with Crippen LogP contribution in [-0.2, 0) is 0 Å². The number of anilines is 1. The zero-order valence-electron chi connectivity index (χ0n) is 16.2. The number of rotatable bonds is 9. The van der Waals surface area contributed by atoms with Gasteiger partial charge in [-0.2, -0.15) is 5.26 Å². The molecule has 0 bridgehead atoms. The number of hydrogen-bond donors (Lipinski definition) is 2. The number of ether oxygens (including phenoxy) is 1. The monoisotopic (exact) mass is 388 g/mol. The molecular weight excluding hydrogens is 364 g/mol. The number of aromatic nitrogens is 2. The van der Waals surface area contributed by atoms with E-state index in [0.717, 1.165) is 42.3 Å². The molecule has 0 saturated carbocycles. The molecule has 7 heteroatoms. The lowest BCUT2D eigenvalue weighted by Gasteiger charge is -2.08. The second-order valence-corrected chi connectivity index (χ2v) is 6.43. The SMILES string of the molecule is N#CNC(=NCCCCCCOc1ccc2ccccc2n1)Nc1ccncc1. The van der Waals surface area contributed by atoms with Gasteiger partial charge in [0.25, 0.3) is 0 Å². The fraction of sp³-hybridized carbons (Fsp3) is 0.273. The maximum atomic E-state index is 8.85. The Morgan fingerprint density at radius 2 is 1.83 bits per heavy atom. The quantitative estimate of drug-likeness (QED) is 0.188. The molecule has 0 unspecified atom stereocenters. The first-order valence-electron chi connectivity index (χ1n) is 9.70. The molecule has 0 aliphatic heterocycles. The highest BCUT2D eigenvalue weighted by Crippen LogP contribution is 2.16. The van der Waals surface area contributed by atoms with Gasteiger partial charge in [0.15, 0.2) is 6.19 Å². The van der Waals surface area contributed by atoms with Crippen LogP contribution in [-0.4, -0.2) is 29.1 Å². The zero-order valence-corrected chi connectivity index (χ0v) is 16.2. The minimum atomic E-state index is 0.449. The molecule has 7 nitrogen and oxygen atoms in total. The van der Waals surface area contributed by atoms with Crippen LogP contribution < -0.4 is 15.4 Å². The first-order chi connectivity index (χ1) is 14.3. The van der Waals surface area contributed by atoms with Crippen LogP contribution in [0, 0.1) is 11.5 Å². The van der Waals surface area contributed by atoms with Crippen molar-refractivity contribution in [3.8, 4) is 12.1 Å². The summed E-state index contributed by atoms with van der Waals surface area (Å²) in [6, 6.07) is 15.6. The van der Waals surface area contributed by atoms with Crippen LogP contribution in [0.2, 0.25) is 0 Å². The lowest BCUT2D eigenvalue weighted by atomic mass is 10.2. The van der Waals surface area contributed by atoms with Gasteiger partial charge < -0.3 is 10.1 Å². The highest BCUT2D eigenvalue weighted by atomic mass is 16.5. The number of nitrogens with zero attached hydrogens (tertiary/aromatic N) is 4. The molecule has 1 aromatic carbocycles. The fourth-order valence-electron chi connectivity index (χ4n) is 2.80. The molecule has 0 aliphatic carbocycles. The third-order valence-corrected chi connectivity index (χ3v) is 4.26. The summed E-state index contributed by atoms with van der Waals surface area (Å²) in [6.07, 6.45) is 9.29. The van der Waals surface area contributed by atoms with Gasteiger partial charge >= 0.3 is 0 Å². The predicted molar refractivity (Wildman–Crippen MR) is 115 cm³/mol. The third-order valence-electron chi connectivity index (χ3n) is 4.26. The topological polar surface area (TPSA) is 95.2 Å². The number of unbranched alkanes of at least 4 members (excludes halogenated alkanes) is 3. The number of aliphatic imine (C=N–C) groups is 1. The van der Waals surface area contributed by atoms with Crippen molar-refractivity contribution >= 4 is 22.5 Å². The Morgan fingerprint density at radius 1 is 1.00 bits per heavy atom. The van der Waals surface area contributed by atoms with Gasteiger partial charge in [0, 0.05) is 36.1 Å². The van der Waals surface area contributed by atoms with Crippen LogP contribution in [0.4, 0.5) is 5.69 Å². The minimum Gasteiger partial charge on any atom is -0.478 e. The minimum absolute atomic E-state index is 0.449. The lowest BCUT2D eigenvalue weighted by Crippen LogP contribution is -2.27. The van der Waals surface area contributed by atoms with E-state index in [1.807, 2.05) is 54.7 Å². The maximum Gasteiger partial charge on any atom is 0.213 e. The average Bonchev–Trinajstić information content (AvgIpc) is 2.76. The van der Waals surface area contributed by atoms with Crippen molar-refractivity contribution in [2.24, 2.45) is 4.99 Å². The third kappa shape index (κ3) is 6.78. The van der Waals surface area contributed by atoms with Crippen molar-refractivity contribution in [1.82, 2.24) is 15.3 Å². The Kier molecular flexibility index (Phi) is 7.79. The Labute approximate surface area is 170 Å². The van der Waals surface area contributed by atoms with E-state index in [-0.39, 0.29) is 0 Å². The van der Waals surface area contributed by atoms with Crippen LogP contribution >= 0.6 is 0 Å². The van der Waals surface area contributed by atoms with Gasteiger partial charge in [0.1, 0.15) is 0 Å². The summed E-state index contributed by atoms with van der Waals surface area (Å²) in [5.41, 5.74) is 1.78. The van der Waals surface area contributed by atoms with Crippen molar-refractivity contribution < 1.29 is 4.74 Å². The van der Waals surface area contributed by atoms with Crippen LogP contribution in [0.1, 0.15) is 25.7 Å².